The molecule has 0 radical (unpaired) electrons. The third-order valence-corrected chi connectivity index (χ3v) is 3.53. The van der Waals surface area contributed by atoms with Crippen LogP contribution in [0.2, 0.25) is 0 Å². The minimum absolute atomic E-state index is 0.419. The van der Waals surface area contributed by atoms with Crippen LogP contribution < -0.4 is 5.73 Å². The van der Waals surface area contributed by atoms with Gasteiger partial charge in [-0.15, -0.1) is 0 Å². The molecule has 0 aliphatic rings. The largest absolute Gasteiger partial charge is 0.389 e. The highest BCUT2D eigenvalue weighted by molar-refractivity contribution is 7.80. The van der Waals surface area contributed by atoms with E-state index in [1.807, 2.05) is 59.5 Å². The lowest BCUT2D eigenvalue weighted by Crippen LogP contribution is -2.10. The summed E-state index contributed by atoms with van der Waals surface area (Å²) in [4.78, 5) is 0.419. The molecule has 3 rings (SSSR count). The summed E-state index contributed by atoms with van der Waals surface area (Å²) in [6.07, 6.45) is 3.93. The van der Waals surface area contributed by atoms with Crippen LogP contribution in [0.3, 0.4) is 0 Å². The number of nitrogens with zero attached hydrogens (tertiary/aromatic N) is 2. The molecule has 0 spiro atoms. The maximum Gasteiger partial charge on any atom is 0.103 e. The number of nitrogens with two attached hydrogens (primary N) is 1. The zero-order valence-corrected chi connectivity index (χ0v) is 12.3. The molecule has 3 aromatic rings. The lowest BCUT2D eigenvalue weighted by molar-refractivity contribution is 0.687. The molecule has 1 aromatic heterocycles. The molecule has 2 aromatic carbocycles. The van der Waals surface area contributed by atoms with Crippen LogP contribution in [0.4, 0.5) is 0 Å². The third kappa shape index (κ3) is 3.17. The van der Waals surface area contributed by atoms with Crippen molar-refractivity contribution in [1.82, 2.24) is 9.78 Å². The van der Waals surface area contributed by atoms with Crippen molar-refractivity contribution >= 4 is 17.2 Å². The van der Waals surface area contributed by atoms with E-state index in [9.17, 15) is 0 Å². The van der Waals surface area contributed by atoms with Gasteiger partial charge in [0.15, 0.2) is 0 Å². The van der Waals surface area contributed by atoms with Gasteiger partial charge in [0.1, 0.15) is 4.99 Å². The van der Waals surface area contributed by atoms with Gasteiger partial charge in [-0.2, -0.15) is 5.10 Å². The Morgan fingerprint density at radius 1 is 1.05 bits per heavy atom. The average Bonchev–Trinajstić information content (AvgIpc) is 2.97. The van der Waals surface area contributed by atoms with E-state index in [-0.39, 0.29) is 0 Å². The Kier molecular flexibility index (Phi) is 3.79. The summed E-state index contributed by atoms with van der Waals surface area (Å²) in [5, 5.41) is 4.41. The second-order valence-electron chi connectivity index (χ2n) is 4.86. The van der Waals surface area contributed by atoms with Crippen molar-refractivity contribution in [1.29, 1.82) is 0 Å². The van der Waals surface area contributed by atoms with Crippen molar-refractivity contribution in [2.75, 3.05) is 0 Å². The van der Waals surface area contributed by atoms with E-state index in [0.717, 1.165) is 16.7 Å². The molecule has 3 nitrogen and oxygen atoms in total. The number of hydrogen-bond acceptors (Lipinski definition) is 2. The monoisotopic (exact) mass is 293 g/mol. The second kappa shape index (κ2) is 5.89. The Balaban J connectivity index is 1.82. The van der Waals surface area contributed by atoms with E-state index in [4.69, 9.17) is 18.0 Å². The van der Waals surface area contributed by atoms with Gasteiger partial charge in [-0.25, -0.2) is 0 Å². The zero-order valence-electron chi connectivity index (χ0n) is 11.4. The van der Waals surface area contributed by atoms with Gasteiger partial charge in [0, 0.05) is 17.3 Å². The van der Waals surface area contributed by atoms with Crippen molar-refractivity contribution in [3.63, 3.8) is 0 Å². The Bertz CT molecular complexity index is 762. The molecule has 2 N–H and O–H groups in total. The maximum atomic E-state index is 5.67. The van der Waals surface area contributed by atoms with Gasteiger partial charge in [-0.1, -0.05) is 60.7 Å². The van der Waals surface area contributed by atoms with E-state index in [0.29, 0.717) is 11.5 Å². The first-order chi connectivity index (χ1) is 10.2. The van der Waals surface area contributed by atoms with E-state index >= 15 is 0 Å². The first kappa shape index (κ1) is 13.5. The fraction of sp³-hybridized carbons (Fsp3) is 0.0588. The summed E-state index contributed by atoms with van der Waals surface area (Å²) in [5.41, 5.74) is 9.96. The summed E-state index contributed by atoms with van der Waals surface area (Å²) < 4.78 is 1.92. The van der Waals surface area contributed by atoms with Crippen molar-refractivity contribution in [2.45, 2.75) is 6.54 Å². The predicted molar refractivity (Wildman–Crippen MR) is 89.1 cm³/mol. The van der Waals surface area contributed by atoms with Crippen LogP contribution in [-0.4, -0.2) is 14.8 Å². The summed E-state index contributed by atoms with van der Waals surface area (Å²) >= 11 is 5.01. The van der Waals surface area contributed by atoms with Gasteiger partial charge in [-0.05, 0) is 17.2 Å². The standard InChI is InChI=1S/C17H15N3S/c18-17(21)15-8-4-5-13(9-15)11-20-12-16(10-19-20)14-6-2-1-3-7-14/h1-10,12H,11H2,(H2,18,21). The number of aromatic nitrogens is 2. The van der Waals surface area contributed by atoms with Crippen LogP contribution in [0.1, 0.15) is 11.1 Å². The lowest BCUT2D eigenvalue weighted by atomic mass is 10.1. The highest BCUT2D eigenvalue weighted by Crippen LogP contribution is 2.18. The Morgan fingerprint density at radius 3 is 2.62 bits per heavy atom. The topological polar surface area (TPSA) is 43.8 Å². The minimum atomic E-state index is 0.419. The van der Waals surface area contributed by atoms with Crippen LogP contribution >= 0.6 is 12.2 Å². The quantitative estimate of drug-likeness (QED) is 0.751. The summed E-state index contributed by atoms with van der Waals surface area (Å²) in [5.74, 6) is 0. The number of thiocarbonyl (C=S) groups is 1. The van der Waals surface area contributed by atoms with Crippen LogP contribution in [0.5, 0.6) is 0 Å². The number of hydrogen-bond donors (Lipinski definition) is 1. The molecule has 0 bridgehead atoms. The first-order valence-electron chi connectivity index (χ1n) is 6.69. The summed E-state index contributed by atoms with van der Waals surface area (Å²) in [6, 6.07) is 18.2. The SMILES string of the molecule is NC(=S)c1cccc(Cn2cc(-c3ccccc3)cn2)c1. The molecule has 1 heterocycles. The molecule has 0 fully saturated rings. The lowest BCUT2D eigenvalue weighted by Gasteiger charge is -2.04. The van der Waals surface area contributed by atoms with Gasteiger partial charge in [0.25, 0.3) is 0 Å². The van der Waals surface area contributed by atoms with E-state index in [2.05, 4.69) is 17.2 Å². The molecule has 0 amide bonds. The molecule has 0 aliphatic carbocycles. The van der Waals surface area contributed by atoms with Gasteiger partial charge in [-0.3, -0.25) is 4.68 Å². The Hall–Kier alpha value is -2.46. The van der Waals surface area contributed by atoms with E-state index in [1.54, 1.807) is 0 Å². The van der Waals surface area contributed by atoms with Crippen LogP contribution in [-0.2, 0) is 6.54 Å². The maximum absolute atomic E-state index is 5.67. The van der Waals surface area contributed by atoms with Crippen LogP contribution in [0.25, 0.3) is 11.1 Å². The van der Waals surface area contributed by atoms with E-state index in [1.165, 1.54) is 5.56 Å². The molecule has 0 atom stereocenters. The number of rotatable bonds is 4. The van der Waals surface area contributed by atoms with Gasteiger partial charge in [0.2, 0.25) is 0 Å². The Morgan fingerprint density at radius 2 is 1.86 bits per heavy atom. The average molecular weight is 293 g/mol. The highest BCUT2D eigenvalue weighted by Gasteiger charge is 2.03. The molecule has 0 aliphatic heterocycles. The predicted octanol–water partition coefficient (Wildman–Crippen LogP) is 3.23. The molecule has 104 valence electrons. The van der Waals surface area contributed by atoms with Gasteiger partial charge < -0.3 is 5.73 Å². The van der Waals surface area contributed by atoms with Crippen LogP contribution in [0.15, 0.2) is 67.0 Å². The fourth-order valence-electron chi connectivity index (χ4n) is 2.24. The van der Waals surface area contributed by atoms with Crippen LogP contribution in [0, 0.1) is 0 Å². The smallest absolute Gasteiger partial charge is 0.103 e. The first-order valence-corrected chi connectivity index (χ1v) is 7.10. The summed E-state index contributed by atoms with van der Waals surface area (Å²) in [7, 11) is 0. The van der Waals surface area contributed by atoms with E-state index < -0.39 is 0 Å². The molecule has 4 heteroatoms. The molecular weight excluding hydrogens is 278 g/mol. The van der Waals surface area contributed by atoms with Gasteiger partial charge in [0.05, 0.1) is 12.7 Å². The zero-order chi connectivity index (χ0) is 14.7. The van der Waals surface area contributed by atoms with Crippen molar-refractivity contribution < 1.29 is 0 Å². The fourth-order valence-corrected chi connectivity index (χ4v) is 2.37. The summed E-state index contributed by atoms with van der Waals surface area (Å²) in [6.45, 7) is 0.698. The normalized spacial score (nSPS) is 10.5. The molecular formula is C17H15N3S. The van der Waals surface area contributed by atoms with Gasteiger partial charge >= 0.3 is 0 Å². The molecule has 0 saturated heterocycles. The van der Waals surface area contributed by atoms with Crippen molar-refractivity contribution in [2.24, 2.45) is 5.73 Å². The molecule has 0 saturated carbocycles. The second-order valence-corrected chi connectivity index (χ2v) is 5.30. The number of benzene rings is 2. The highest BCUT2D eigenvalue weighted by atomic mass is 32.1. The molecule has 21 heavy (non-hydrogen) atoms. The molecule has 0 unspecified atom stereocenters. The van der Waals surface area contributed by atoms with Crippen molar-refractivity contribution in [3.8, 4) is 11.1 Å². The van der Waals surface area contributed by atoms with Crippen molar-refractivity contribution in [3.05, 3.63) is 78.1 Å². The third-order valence-electron chi connectivity index (χ3n) is 3.30. The Labute approximate surface area is 129 Å². The minimum Gasteiger partial charge on any atom is -0.389 e.